The second kappa shape index (κ2) is 8.71. The zero-order valence-electron chi connectivity index (χ0n) is 7.55. The molecule has 0 saturated carbocycles. The predicted octanol–water partition coefficient (Wildman–Crippen LogP) is 0.673. The van der Waals surface area contributed by atoms with Crippen LogP contribution in [-0.4, -0.2) is 31.5 Å². The standard InChI is InChI=1S/C4H8O2S.3CH3.Sn/c1-3(2-7)4(5)6;;;;/h3,7H,2H2,1H3,(H,5,6);3*1H3;/q;;;;+1/p-1. The normalized spacial score (nSPS) is 11.0. The molecule has 0 aromatic heterocycles. The van der Waals surface area contributed by atoms with E-state index in [9.17, 15) is 9.90 Å². The Hall–Kier alpha value is 0.619. The summed E-state index contributed by atoms with van der Waals surface area (Å²) in [7, 11) is 0. The van der Waals surface area contributed by atoms with Crippen molar-refractivity contribution in [1.82, 2.24) is 0 Å². The molecule has 11 heavy (non-hydrogen) atoms. The van der Waals surface area contributed by atoms with Crippen LogP contribution in [0.15, 0.2) is 0 Å². The van der Waals surface area contributed by atoms with Gasteiger partial charge >= 0.3 is 34.6 Å². The molecule has 0 heterocycles. The average molecular weight is 283 g/mol. The van der Waals surface area contributed by atoms with Gasteiger partial charge in [-0.05, 0) is 5.75 Å². The van der Waals surface area contributed by atoms with E-state index in [1.807, 2.05) is 0 Å². The van der Waals surface area contributed by atoms with Gasteiger partial charge in [-0.15, -0.1) is 0 Å². The average Bonchev–Trinajstić information content (AvgIpc) is 1.85. The molecule has 2 nitrogen and oxygen atoms in total. The molecular weight excluding hydrogens is 267 g/mol. The number of carboxylic acid groups (broad SMARTS) is 1. The van der Waals surface area contributed by atoms with Crippen molar-refractivity contribution in [3.63, 3.8) is 0 Å². The number of carbonyl (C=O) groups excluding carboxylic acids is 1. The molecule has 0 spiro atoms. The third-order valence-corrected chi connectivity index (χ3v) is 1.22. The fraction of sp³-hybridized carbons (Fsp3) is 0.857. The van der Waals surface area contributed by atoms with Gasteiger partial charge in [0.15, 0.2) is 0 Å². The summed E-state index contributed by atoms with van der Waals surface area (Å²) in [5, 5.41) is 9.77. The fourth-order valence-electron chi connectivity index (χ4n) is 0.0745. The summed E-state index contributed by atoms with van der Waals surface area (Å²) in [5.41, 5.74) is 0. The Labute approximate surface area is 81.5 Å². The number of hydrogen-bond donors (Lipinski definition) is 1. The summed E-state index contributed by atoms with van der Waals surface area (Å²) in [6.07, 6.45) is 0. The van der Waals surface area contributed by atoms with Crippen LogP contribution in [0.1, 0.15) is 6.92 Å². The quantitative estimate of drug-likeness (QED) is 0.598. The second-order valence-electron chi connectivity index (χ2n) is 2.90. The Morgan fingerprint density at radius 3 is 1.82 bits per heavy atom. The summed E-state index contributed by atoms with van der Waals surface area (Å²) in [5.74, 6) is -1.11. The molecule has 0 aliphatic heterocycles. The topological polar surface area (TPSA) is 40.1 Å². The van der Waals surface area contributed by atoms with E-state index in [0.717, 1.165) is 0 Å². The molecular formula is C7H16O2SSn. The van der Waals surface area contributed by atoms with E-state index in [1.165, 1.54) is 0 Å². The SMILES string of the molecule is CC(CS)C(=O)[O-].[CH3][Sn+]([CH3])[CH3]. The van der Waals surface area contributed by atoms with E-state index in [2.05, 4.69) is 27.4 Å². The molecule has 1 unspecified atom stereocenters. The maximum absolute atomic E-state index is 9.77. The van der Waals surface area contributed by atoms with Crippen LogP contribution in [0.4, 0.5) is 0 Å². The summed E-state index contributed by atoms with van der Waals surface area (Å²) >= 11 is 3.19. The van der Waals surface area contributed by atoms with Crippen LogP contribution in [0.3, 0.4) is 0 Å². The Morgan fingerprint density at radius 1 is 1.55 bits per heavy atom. The van der Waals surface area contributed by atoms with Crippen molar-refractivity contribution in [3.05, 3.63) is 0 Å². The fourth-order valence-corrected chi connectivity index (χ4v) is 0.224. The number of aliphatic carboxylic acids is 1. The molecule has 0 aliphatic rings. The van der Waals surface area contributed by atoms with Gasteiger partial charge in [0, 0.05) is 11.9 Å². The molecule has 0 aromatic rings. The first-order valence-corrected chi connectivity index (χ1v) is 12.7. The zero-order chi connectivity index (χ0) is 9.44. The Bertz CT molecular complexity index is 104. The third kappa shape index (κ3) is 18.0. The molecule has 66 valence electrons. The monoisotopic (exact) mass is 284 g/mol. The Morgan fingerprint density at radius 2 is 1.82 bits per heavy atom. The first-order valence-electron chi connectivity index (χ1n) is 3.50. The molecule has 0 aromatic carbocycles. The van der Waals surface area contributed by atoms with E-state index in [-0.39, 0.29) is 0 Å². The summed E-state index contributed by atoms with van der Waals surface area (Å²) in [4.78, 5) is 16.9. The van der Waals surface area contributed by atoms with Gasteiger partial charge in [0.25, 0.3) is 0 Å². The van der Waals surface area contributed by atoms with Gasteiger partial charge in [0.1, 0.15) is 0 Å². The van der Waals surface area contributed by atoms with E-state index in [1.54, 1.807) is 6.92 Å². The van der Waals surface area contributed by atoms with Crippen molar-refractivity contribution in [2.75, 3.05) is 5.75 Å². The van der Waals surface area contributed by atoms with Gasteiger partial charge in [-0.25, -0.2) is 0 Å². The number of hydrogen-bond acceptors (Lipinski definition) is 3. The van der Waals surface area contributed by atoms with Crippen molar-refractivity contribution in [3.8, 4) is 0 Å². The number of carbonyl (C=O) groups is 1. The van der Waals surface area contributed by atoms with Gasteiger partial charge in [-0.3, -0.25) is 0 Å². The molecule has 4 heteroatoms. The van der Waals surface area contributed by atoms with Gasteiger partial charge in [0.05, 0.1) is 0 Å². The van der Waals surface area contributed by atoms with Crippen LogP contribution in [0, 0.1) is 5.92 Å². The first-order chi connectivity index (χ1) is 4.91. The van der Waals surface area contributed by atoms with E-state index >= 15 is 0 Å². The molecule has 0 bridgehead atoms. The zero-order valence-corrected chi connectivity index (χ0v) is 11.3. The third-order valence-electron chi connectivity index (χ3n) is 0.676. The van der Waals surface area contributed by atoms with Crippen molar-refractivity contribution in [1.29, 1.82) is 0 Å². The van der Waals surface area contributed by atoms with E-state index in [0.29, 0.717) is 5.75 Å². The molecule has 0 fully saturated rings. The van der Waals surface area contributed by atoms with E-state index in [4.69, 9.17) is 0 Å². The maximum atomic E-state index is 9.77. The van der Waals surface area contributed by atoms with Gasteiger partial charge in [0.2, 0.25) is 0 Å². The molecule has 0 saturated heterocycles. The second-order valence-corrected chi connectivity index (χ2v) is 11.8. The molecule has 0 radical (unpaired) electrons. The van der Waals surface area contributed by atoms with Crippen LogP contribution in [0.25, 0.3) is 0 Å². The van der Waals surface area contributed by atoms with Crippen LogP contribution in [0.2, 0.25) is 14.8 Å². The Kier molecular flexibility index (Phi) is 11.2. The number of carboxylic acids is 1. The van der Waals surface area contributed by atoms with Gasteiger partial charge in [-0.2, -0.15) is 12.6 Å². The van der Waals surface area contributed by atoms with Crippen LogP contribution in [0.5, 0.6) is 0 Å². The van der Waals surface area contributed by atoms with Crippen molar-refractivity contribution in [2.45, 2.75) is 21.7 Å². The van der Waals surface area contributed by atoms with Crippen molar-refractivity contribution < 1.29 is 9.90 Å². The molecule has 0 rings (SSSR count). The number of thiol groups is 1. The summed E-state index contributed by atoms with van der Waals surface area (Å²) in [6, 6.07) is 0. The van der Waals surface area contributed by atoms with Gasteiger partial charge in [-0.1, -0.05) is 6.92 Å². The van der Waals surface area contributed by atoms with Crippen molar-refractivity contribution in [2.24, 2.45) is 5.92 Å². The minimum absolute atomic E-state index is 0.350. The van der Waals surface area contributed by atoms with Crippen molar-refractivity contribution >= 4 is 38.4 Å². The van der Waals surface area contributed by atoms with Crippen LogP contribution >= 0.6 is 12.6 Å². The predicted molar refractivity (Wildman–Crippen MR) is 51.4 cm³/mol. The van der Waals surface area contributed by atoms with Crippen LogP contribution in [-0.2, 0) is 4.79 Å². The van der Waals surface area contributed by atoms with Crippen LogP contribution < -0.4 is 5.11 Å². The molecule has 0 N–H and O–H groups in total. The first kappa shape index (κ1) is 14.2. The molecule has 0 amide bonds. The Balaban J connectivity index is 0. The van der Waals surface area contributed by atoms with Gasteiger partial charge < -0.3 is 9.90 Å². The van der Waals surface area contributed by atoms with E-state index < -0.39 is 31.6 Å². The molecule has 1 atom stereocenters. The summed E-state index contributed by atoms with van der Waals surface area (Å²) < 4.78 is 0. The minimum atomic E-state index is -1.03. The summed E-state index contributed by atoms with van der Waals surface area (Å²) in [6.45, 7) is 1.56. The molecule has 0 aliphatic carbocycles. The number of rotatable bonds is 2.